The molecule has 2 fully saturated rings. The van der Waals surface area contributed by atoms with E-state index in [0.29, 0.717) is 6.04 Å². The molecule has 1 aliphatic heterocycles. The summed E-state index contributed by atoms with van der Waals surface area (Å²) in [7, 11) is 2.18. The number of hydrogen-bond acceptors (Lipinski definition) is 3. The lowest BCUT2D eigenvalue weighted by molar-refractivity contribution is -0.123. The molecule has 0 bridgehead atoms. The lowest BCUT2D eigenvalue weighted by Crippen LogP contribution is -2.48. The zero-order valence-electron chi connectivity index (χ0n) is 13.2. The summed E-state index contributed by atoms with van der Waals surface area (Å²) >= 11 is 0. The Bertz CT molecular complexity index is 294. The smallest absolute Gasteiger partial charge is 0.237 e. The van der Waals surface area contributed by atoms with Crippen LogP contribution in [-0.4, -0.2) is 49.6 Å². The fourth-order valence-corrected chi connectivity index (χ4v) is 3.28. The highest BCUT2D eigenvalue weighted by Crippen LogP contribution is 2.17. The van der Waals surface area contributed by atoms with Crippen LogP contribution in [0.5, 0.6) is 0 Å². The normalized spacial score (nSPS) is 24.5. The molecule has 0 aromatic heterocycles. The maximum atomic E-state index is 12.2. The average molecular weight is 281 g/mol. The van der Waals surface area contributed by atoms with Gasteiger partial charge < -0.3 is 15.5 Å². The van der Waals surface area contributed by atoms with Crippen LogP contribution in [0.2, 0.25) is 0 Å². The number of likely N-dealkylation sites (tertiary alicyclic amines) is 1. The van der Waals surface area contributed by atoms with E-state index in [2.05, 4.69) is 22.6 Å². The van der Waals surface area contributed by atoms with Gasteiger partial charge in [-0.1, -0.05) is 19.3 Å². The number of nitrogens with one attached hydrogen (secondary N) is 2. The Balaban J connectivity index is 1.63. The summed E-state index contributed by atoms with van der Waals surface area (Å²) in [5.41, 5.74) is 0. The van der Waals surface area contributed by atoms with Gasteiger partial charge in [0.2, 0.25) is 5.91 Å². The summed E-state index contributed by atoms with van der Waals surface area (Å²) in [6, 6.07) is 0.361. The topological polar surface area (TPSA) is 44.4 Å². The number of piperidine rings is 1. The van der Waals surface area contributed by atoms with Gasteiger partial charge in [-0.15, -0.1) is 0 Å². The second-order valence-electron chi connectivity index (χ2n) is 6.72. The highest BCUT2D eigenvalue weighted by molar-refractivity contribution is 5.81. The van der Waals surface area contributed by atoms with Gasteiger partial charge in [-0.05, 0) is 65.2 Å². The first-order valence-electron chi connectivity index (χ1n) is 8.37. The lowest BCUT2D eigenvalue weighted by atomic mass is 9.95. The highest BCUT2D eigenvalue weighted by atomic mass is 16.2. The van der Waals surface area contributed by atoms with Crippen LogP contribution >= 0.6 is 0 Å². The van der Waals surface area contributed by atoms with Crippen LogP contribution in [0.1, 0.15) is 51.9 Å². The van der Waals surface area contributed by atoms with Crippen LogP contribution in [0.25, 0.3) is 0 Å². The molecule has 4 nitrogen and oxygen atoms in total. The predicted octanol–water partition coefficient (Wildman–Crippen LogP) is 1.76. The third kappa shape index (κ3) is 5.06. The van der Waals surface area contributed by atoms with Gasteiger partial charge in [0, 0.05) is 6.04 Å². The van der Waals surface area contributed by atoms with Crippen LogP contribution in [-0.2, 0) is 4.79 Å². The molecule has 0 spiro atoms. The summed E-state index contributed by atoms with van der Waals surface area (Å²) in [4.78, 5) is 14.5. The van der Waals surface area contributed by atoms with Crippen molar-refractivity contribution < 1.29 is 4.79 Å². The summed E-state index contributed by atoms with van der Waals surface area (Å²) in [5.74, 6) is 0.918. The molecule has 1 saturated carbocycles. The molecule has 1 aliphatic carbocycles. The maximum Gasteiger partial charge on any atom is 0.237 e. The quantitative estimate of drug-likeness (QED) is 0.807. The van der Waals surface area contributed by atoms with Crippen molar-refractivity contribution in [2.75, 3.05) is 26.7 Å². The zero-order valence-corrected chi connectivity index (χ0v) is 13.2. The number of amides is 1. The van der Waals surface area contributed by atoms with Gasteiger partial charge in [-0.25, -0.2) is 0 Å². The second-order valence-corrected chi connectivity index (χ2v) is 6.72. The molecule has 4 heteroatoms. The lowest BCUT2D eigenvalue weighted by Gasteiger charge is -2.30. The standard InChI is InChI=1S/C16H31N3O/c1-13(16(20)18-15-6-4-3-5-7-15)17-12-14-8-10-19(2)11-9-14/h13-15,17H,3-12H2,1-2H3,(H,18,20). The van der Waals surface area contributed by atoms with Crippen LogP contribution in [0.3, 0.4) is 0 Å². The Morgan fingerprint density at radius 1 is 1.15 bits per heavy atom. The van der Waals surface area contributed by atoms with E-state index in [4.69, 9.17) is 0 Å². The molecule has 0 aromatic carbocycles. The summed E-state index contributed by atoms with van der Waals surface area (Å²) in [5, 5.41) is 6.63. The fraction of sp³-hybridized carbons (Fsp3) is 0.938. The van der Waals surface area contributed by atoms with E-state index in [1.165, 1.54) is 45.2 Å². The first-order valence-corrected chi connectivity index (χ1v) is 8.37. The largest absolute Gasteiger partial charge is 0.352 e. The van der Waals surface area contributed by atoms with E-state index in [9.17, 15) is 4.79 Å². The number of carbonyl (C=O) groups is 1. The molecular weight excluding hydrogens is 250 g/mol. The number of carbonyl (C=O) groups excluding carboxylic acids is 1. The third-order valence-electron chi connectivity index (χ3n) is 4.90. The van der Waals surface area contributed by atoms with Gasteiger partial charge in [0.25, 0.3) is 0 Å². The van der Waals surface area contributed by atoms with Gasteiger partial charge in [-0.2, -0.15) is 0 Å². The molecule has 2 aliphatic rings. The van der Waals surface area contributed by atoms with Crippen molar-refractivity contribution >= 4 is 5.91 Å². The first-order chi connectivity index (χ1) is 9.65. The Morgan fingerprint density at radius 3 is 2.45 bits per heavy atom. The Morgan fingerprint density at radius 2 is 1.80 bits per heavy atom. The fourth-order valence-electron chi connectivity index (χ4n) is 3.28. The van der Waals surface area contributed by atoms with E-state index < -0.39 is 0 Å². The van der Waals surface area contributed by atoms with E-state index >= 15 is 0 Å². The molecule has 0 aromatic rings. The van der Waals surface area contributed by atoms with Crippen molar-refractivity contribution in [1.82, 2.24) is 15.5 Å². The van der Waals surface area contributed by atoms with Crippen molar-refractivity contribution in [2.45, 2.75) is 64.0 Å². The first kappa shape index (κ1) is 15.8. The summed E-state index contributed by atoms with van der Waals surface area (Å²) < 4.78 is 0. The van der Waals surface area contributed by atoms with Crippen molar-refractivity contribution in [2.24, 2.45) is 5.92 Å². The predicted molar refractivity (Wildman–Crippen MR) is 82.7 cm³/mol. The summed E-state index contributed by atoms with van der Waals surface area (Å²) in [6.07, 6.45) is 8.68. The minimum atomic E-state index is -0.0587. The molecule has 1 heterocycles. The van der Waals surface area contributed by atoms with Gasteiger partial charge in [0.05, 0.1) is 6.04 Å². The van der Waals surface area contributed by atoms with E-state index in [1.54, 1.807) is 0 Å². The second kappa shape index (κ2) is 7.99. The van der Waals surface area contributed by atoms with Crippen LogP contribution in [0, 0.1) is 5.92 Å². The molecule has 116 valence electrons. The third-order valence-corrected chi connectivity index (χ3v) is 4.90. The van der Waals surface area contributed by atoms with Gasteiger partial charge >= 0.3 is 0 Å². The van der Waals surface area contributed by atoms with Crippen molar-refractivity contribution in [3.05, 3.63) is 0 Å². The van der Waals surface area contributed by atoms with E-state index in [1.807, 2.05) is 6.92 Å². The molecule has 1 atom stereocenters. The van der Waals surface area contributed by atoms with Gasteiger partial charge in [0.1, 0.15) is 0 Å². The SMILES string of the molecule is CC(NCC1CCN(C)CC1)C(=O)NC1CCCCC1. The Labute approximate surface area is 123 Å². The molecule has 1 amide bonds. The molecule has 2 rings (SSSR count). The molecule has 1 saturated heterocycles. The maximum absolute atomic E-state index is 12.2. The van der Waals surface area contributed by atoms with Gasteiger partial charge in [-0.3, -0.25) is 4.79 Å². The van der Waals surface area contributed by atoms with E-state index in [0.717, 1.165) is 25.3 Å². The zero-order chi connectivity index (χ0) is 14.4. The van der Waals surface area contributed by atoms with Gasteiger partial charge in [0.15, 0.2) is 0 Å². The molecule has 20 heavy (non-hydrogen) atoms. The molecule has 2 N–H and O–H groups in total. The minimum absolute atomic E-state index is 0.0587. The molecule has 1 unspecified atom stereocenters. The number of nitrogens with zero attached hydrogens (tertiary/aromatic N) is 1. The average Bonchev–Trinajstić information content (AvgIpc) is 2.47. The Kier molecular flexibility index (Phi) is 6.30. The highest BCUT2D eigenvalue weighted by Gasteiger charge is 2.21. The van der Waals surface area contributed by atoms with Crippen molar-refractivity contribution in [3.63, 3.8) is 0 Å². The van der Waals surface area contributed by atoms with Crippen molar-refractivity contribution in [1.29, 1.82) is 0 Å². The molecular formula is C16H31N3O. The minimum Gasteiger partial charge on any atom is -0.352 e. The molecule has 0 radical (unpaired) electrons. The number of hydrogen-bond donors (Lipinski definition) is 2. The van der Waals surface area contributed by atoms with Crippen LogP contribution in [0.15, 0.2) is 0 Å². The van der Waals surface area contributed by atoms with Crippen molar-refractivity contribution in [3.8, 4) is 0 Å². The summed E-state index contributed by atoms with van der Waals surface area (Å²) in [6.45, 7) is 5.35. The van der Waals surface area contributed by atoms with Crippen LogP contribution in [0.4, 0.5) is 0 Å². The Hall–Kier alpha value is -0.610. The number of rotatable bonds is 5. The van der Waals surface area contributed by atoms with Crippen LogP contribution < -0.4 is 10.6 Å². The monoisotopic (exact) mass is 281 g/mol. The van der Waals surface area contributed by atoms with E-state index in [-0.39, 0.29) is 11.9 Å².